The normalized spacial score (nSPS) is 11.9. The number of carbonyl (C=O) groups excluding carboxylic acids is 1. The van der Waals surface area contributed by atoms with Crippen molar-refractivity contribution in [3.05, 3.63) is 23.9 Å². The van der Waals surface area contributed by atoms with Crippen LogP contribution in [0.3, 0.4) is 0 Å². The predicted octanol–water partition coefficient (Wildman–Crippen LogP) is 0.981. The Kier molecular flexibility index (Phi) is 5.42. The van der Waals surface area contributed by atoms with Crippen molar-refractivity contribution in [2.75, 3.05) is 13.7 Å². The molecule has 0 saturated carbocycles. The maximum atomic E-state index is 12.0. The summed E-state index contributed by atoms with van der Waals surface area (Å²) >= 11 is 0. The standard InChI is InChI=1S/C12H18N2O3/c1-3-9(6-8-15)14-11(16)10-5-4-7-13-12(10)17-2/h4-5,7,9,15H,3,6,8H2,1-2H3,(H,14,16). The molecule has 1 rings (SSSR count). The highest BCUT2D eigenvalue weighted by Gasteiger charge is 2.15. The van der Waals surface area contributed by atoms with Gasteiger partial charge in [-0.2, -0.15) is 0 Å². The second-order valence-corrected chi connectivity index (χ2v) is 3.65. The van der Waals surface area contributed by atoms with Crippen LogP contribution in [0.15, 0.2) is 18.3 Å². The zero-order chi connectivity index (χ0) is 12.7. The van der Waals surface area contributed by atoms with Gasteiger partial charge in [0.15, 0.2) is 0 Å². The van der Waals surface area contributed by atoms with Crippen molar-refractivity contribution in [1.82, 2.24) is 10.3 Å². The minimum absolute atomic E-state index is 0.0302. The predicted molar refractivity (Wildman–Crippen MR) is 64.0 cm³/mol. The largest absolute Gasteiger partial charge is 0.480 e. The summed E-state index contributed by atoms with van der Waals surface area (Å²) in [5.41, 5.74) is 0.409. The first-order chi connectivity index (χ1) is 8.22. The highest BCUT2D eigenvalue weighted by molar-refractivity contribution is 5.96. The van der Waals surface area contributed by atoms with Crippen LogP contribution >= 0.6 is 0 Å². The number of amides is 1. The summed E-state index contributed by atoms with van der Waals surface area (Å²) in [5, 5.41) is 11.7. The van der Waals surface area contributed by atoms with Crippen molar-refractivity contribution in [2.24, 2.45) is 0 Å². The van der Waals surface area contributed by atoms with Crippen LogP contribution in [0.1, 0.15) is 30.1 Å². The van der Waals surface area contributed by atoms with Crippen LogP contribution in [0, 0.1) is 0 Å². The van der Waals surface area contributed by atoms with Gasteiger partial charge in [-0.1, -0.05) is 6.92 Å². The molecule has 0 aromatic carbocycles. The van der Waals surface area contributed by atoms with E-state index in [0.717, 1.165) is 6.42 Å². The van der Waals surface area contributed by atoms with E-state index in [1.165, 1.54) is 7.11 Å². The van der Waals surface area contributed by atoms with Crippen LogP contribution in [-0.2, 0) is 0 Å². The van der Waals surface area contributed by atoms with Crippen molar-refractivity contribution in [3.63, 3.8) is 0 Å². The van der Waals surface area contributed by atoms with Crippen LogP contribution in [0.2, 0.25) is 0 Å². The lowest BCUT2D eigenvalue weighted by Gasteiger charge is -2.16. The summed E-state index contributed by atoms with van der Waals surface area (Å²) < 4.78 is 5.02. The Morgan fingerprint density at radius 3 is 3.00 bits per heavy atom. The molecule has 0 aliphatic heterocycles. The van der Waals surface area contributed by atoms with Gasteiger partial charge in [0.25, 0.3) is 5.91 Å². The average molecular weight is 238 g/mol. The highest BCUT2D eigenvalue weighted by atomic mass is 16.5. The summed E-state index contributed by atoms with van der Waals surface area (Å²) in [6, 6.07) is 3.31. The fraction of sp³-hybridized carbons (Fsp3) is 0.500. The molecule has 0 aliphatic rings. The maximum Gasteiger partial charge on any atom is 0.256 e. The molecule has 1 heterocycles. The zero-order valence-corrected chi connectivity index (χ0v) is 10.1. The van der Waals surface area contributed by atoms with Crippen molar-refractivity contribution < 1.29 is 14.6 Å². The van der Waals surface area contributed by atoms with Crippen LogP contribution < -0.4 is 10.1 Å². The molecule has 1 unspecified atom stereocenters. The second-order valence-electron chi connectivity index (χ2n) is 3.65. The third-order valence-corrected chi connectivity index (χ3v) is 2.51. The monoisotopic (exact) mass is 238 g/mol. The van der Waals surface area contributed by atoms with Crippen LogP contribution in [0.25, 0.3) is 0 Å². The molecule has 94 valence electrons. The summed E-state index contributed by atoms with van der Waals surface area (Å²) in [4.78, 5) is 15.9. The SMILES string of the molecule is CCC(CCO)NC(=O)c1cccnc1OC. The van der Waals surface area contributed by atoms with E-state index < -0.39 is 0 Å². The van der Waals surface area contributed by atoms with Crippen molar-refractivity contribution in [1.29, 1.82) is 0 Å². The number of ether oxygens (including phenoxy) is 1. The van der Waals surface area contributed by atoms with Gasteiger partial charge in [-0.3, -0.25) is 4.79 Å². The van der Waals surface area contributed by atoms with E-state index in [-0.39, 0.29) is 18.6 Å². The lowest BCUT2D eigenvalue weighted by molar-refractivity contribution is 0.0925. The van der Waals surface area contributed by atoms with E-state index in [2.05, 4.69) is 10.3 Å². The Labute approximate surface area is 101 Å². The summed E-state index contributed by atoms with van der Waals surface area (Å²) in [7, 11) is 1.48. The molecular formula is C12H18N2O3. The van der Waals surface area contributed by atoms with Gasteiger partial charge in [0.2, 0.25) is 5.88 Å². The number of pyridine rings is 1. The molecule has 1 aromatic heterocycles. The number of aliphatic hydroxyl groups excluding tert-OH is 1. The number of aliphatic hydroxyl groups is 1. The molecule has 0 spiro atoms. The van der Waals surface area contributed by atoms with E-state index in [9.17, 15) is 4.79 Å². The zero-order valence-electron chi connectivity index (χ0n) is 10.1. The third kappa shape index (κ3) is 3.71. The number of nitrogens with zero attached hydrogens (tertiary/aromatic N) is 1. The molecule has 17 heavy (non-hydrogen) atoms. The number of aromatic nitrogens is 1. The molecule has 0 fully saturated rings. The first-order valence-corrected chi connectivity index (χ1v) is 5.63. The Morgan fingerprint density at radius 2 is 2.41 bits per heavy atom. The minimum atomic E-state index is -0.227. The number of nitrogens with one attached hydrogen (secondary N) is 1. The van der Waals surface area contributed by atoms with Gasteiger partial charge in [0.1, 0.15) is 5.56 Å². The molecule has 0 aliphatic carbocycles. The molecule has 5 heteroatoms. The van der Waals surface area contributed by atoms with Gasteiger partial charge in [0.05, 0.1) is 7.11 Å². The van der Waals surface area contributed by atoms with Crippen LogP contribution in [-0.4, -0.2) is 35.8 Å². The molecule has 1 amide bonds. The topological polar surface area (TPSA) is 71.5 Å². The summed E-state index contributed by atoms with van der Waals surface area (Å²) in [5.74, 6) is 0.0825. The van der Waals surface area contributed by atoms with Gasteiger partial charge < -0.3 is 15.2 Å². The third-order valence-electron chi connectivity index (χ3n) is 2.51. The molecular weight excluding hydrogens is 220 g/mol. The Bertz CT molecular complexity index is 369. The molecule has 5 nitrogen and oxygen atoms in total. The van der Waals surface area contributed by atoms with Crippen molar-refractivity contribution >= 4 is 5.91 Å². The second kappa shape index (κ2) is 6.85. The molecule has 0 bridgehead atoms. The molecule has 2 N–H and O–H groups in total. The number of hydrogen-bond donors (Lipinski definition) is 2. The fourth-order valence-electron chi connectivity index (χ4n) is 1.52. The molecule has 0 saturated heterocycles. The Hall–Kier alpha value is -1.62. The lowest BCUT2D eigenvalue weighted by Crippen LogP contribution is -2.35. The summed E-state index contributed by atoms with van der Waals surface area (Å²) in [6.07, 6.45) is 2.89. The van der Waals surface area contributed by atoms with E-state index >= 15 is 0 Å². The van der Waals surface area contributed by atoms with E-state index in [4.69, 9.17) is 9.84 Å². The van der Waals surface area contributed by atoms with Gasteiger partial charge in [-0.05, 0) is 25.0 Å². The summed E-state index contributed by atoms with van der Waals surface area (Å²) in [6.45, 7) is 2.02. The maximum absolute atomic E-state index is 12.0. The number of rotatable bonds is 6. The lowest BCUT2D eigenvalue weighted by atomic mass is 10.1. The molecule has 0 radical (unpaired) electrons. The van der Waals surface area contributed by atoms with Gasteiger partial charge >= 0.3 is 0 Å². The van der Waals surface area contributed by atoms with E-state index in [1.54, 1.807) is 18.3 Å². The number of hydrogen-bond acceptors (Lipinski definition) is 4. The van der Waals surface area contributed by atoms with E-state index in [0.29, 0.717) is 17.9 Å². The Morgan fingerprint density at radius 1 is 1.65 bits per heavy atom. The molecule has 1 atom stereocenters. The smallest absolute Gasteiger partial charge is 0.256 e. The minimum Gasteiger partial charge on any atom is -0.480 e. The van der Waals surface area contributed by atoms with Crippen molar-refractivity contribution in [2.45, 2.75) is 25.8 Å². The van der Waals surface area contributed by atoms with Gasteiger partial charge in [-0.25, -0.2) is 4.98 Å². The van der Waals surface area contributed by atoms with Gasteiger partial charge in [-0.15, -0.1) is 0 Å². The first-order valence-electron chi connectivity index (χ1n) is 5.63. The van der Waals surface area contributed by atoms with Crippen LogP contribution in [0.4, 0.5) is 0 Å². The number of carbonyl (C=O) groups is 1. The first kappa shape index (κ1) is 13.4. The van der Waals surface area contributed by atoms with E-state index in [1.807, 2.05) is 6.92 Å². The number of methoxy groups -OCH3 is 1. The highest BCUT2D eigenvalue weighted by Crippen LogP contribution is 2.13. The molecule has 1 aromatic rings. The van der Waals surface area contributed by atoms with Crippen molar-refractivity contribution in [3.8, 4) is 5.88 Å². The van der Waals surface area contributed by atoms with Crippen LogP contribution in [0.5, 0.6) is 5.88 Å². The fourth-order valence-corrected chi connectivity index (χ4v) is 1.52. The van der Waals surface area contributed by atoms with Gasteiger partial charge in [0, 0.05) is 18.8 Å². The Balaban J connectivity index is 2.75. The quantitative estimate of drug-likeness (QED) is 0.775. The average Bonchev–Trinajstić information content (AvgIpc) is 2.38.